The Bertz CT molecular complexity index is 960. The molecule has 1 amide bonds. The number of aromatic amines is 1. The lowest BCUT2D eigenvalue weighted by Gasteiger charge is -2.05. The number of anilines is 1. The van der Waals surface area contributed by atoms with Gasteiger partial charge in [0.25, 0.3) is 5.91 Å². The number of halogens is 2. The zero-order valence-electron chi connectivity index (χ0n) is 12.8. The number of rotatable bonds is 4. The molecule has 0 atom stereocenters. The number of carbonyl (C=O) groups excluding carboxylic acids is 1. The van der Waals surface area contributed by atoms with Crippen molar-refractivity contribution in [1.82, 2.24) is 10.1 Å². The van der Waals surface area contributed by atoms with Gasteiger partial charge in [-0.05, 0) is 31.2 Å². The van der Waals surface area contributed by atoms with Gasteiger partial charge in [-0.15, -0.1) is 0 Å². The lowest BCUT2D eigenvalue weighted by Crippen LogP contribution is -2.12. The Morgan fingerprint density at radius 1 is 1.20 bits per heavy atom. The first-order chi connectivity index (χ1) is 11.9. The Labute approximate surface area is 151 Å². The fourth-order valence-corrected chi connectivity index (χ4v) is 2.57. The van der Waals surface area contributed by atoms with Gasteiger partial charge in [-0.25, -0.2) is 4.79 Å². The summed E-state index contributed by atoms with van der Waals surface area (Å²) in [5.41, 5.74) is 1.74. The van der Waals surface area contributed by atoms with Gasteiger partial charge in [0.2, 0.25) is 0 Å². The minimum atomic E-state index is -1.17. The molecule has 0 bridgehead atoms. The van der Waals surface area contributed by atoms with E-state index >= 15 is 0 Å². The van der Waals surface area contributed by atoms with Crippen LogP contribution in [-0.4, -0.2) is 27.1 Å². The lowest BCUT2D eigenvalue weighted by molar-refractivity contribution is 0.0685. The van der Waals surface area contributed by atoms with E-state index < -0.39 is 11.9 Å². The van der Waals surface area contributed by atoms with Crippen LogP contribution in [0.4, 0.5) is 5.69 Å². The van der Waals surface area contributed by atoms with Crippen LogP contribution in [0.2, 0.25) is 10.0 Å². The maximum Gasteiger partial charge on any atom is 0.358 e. The summed E-state index contributed by atoms with van der Waals surface area (Å²) in [7, 11) is 0. The number of benzene rings is 1. The first-order valence-corrected chi connectivity index (χ1v) is 7.77. The molecular weight excluding hydrogens is 369 g/mol. The van der Waals surface area contributed by atoms with Crippen molar-refractivity contribution >= 4 is 40.8 Å². The molecule has 1 aromatic carbocycles. The van der Waals surface area contributed by atoms with E-state index in [1.165, 1.54) is 6.07 Å². The minimum Gasteiger partial charge on any atom is -0.476 e. The van der Waals surface area contributed by atoms with Gasteiger partial charge in [0, 0.05) is 23.0 Å². The summed E-state index contributed by atoms with van der Waals surface area (Å²) in [4.78, 5) is 25.9. The fourth-order valence-electron chi connectivity index (χ4n) is 2.15. The monoisotopic (exact) mass is 379 g/mol. The van der Waals surface area contributed by atoms with Crippen molar-refractivity contribution in [3.05, 3.63) is 57.5 Å². The number of carboxylic acid groups (broad SMARTS) is 1. The molecule has 0 radical (unpaired) electrons. The highest BCUT2D eigenvalue weighted by Gasteiger charge is 2.18. The first kappa shape index (κ1) is 17.1. The van der Waals surface area contributed by atoms with Crippen LogP contribution in [-0.2, 0) is 0 Å². The van der Waals surface area contributed by atoms with Gasteiger partial charge in [0.1, 0.15) is 5.69 Å². The van der Waals surface area contributed by atoms with Gasteiger partial charge >= 0.3 is 5.97 Å². The van der Waals surface area contributed by atoms with Gasteiger partial charge in [0.05, 0.1) is 10.0 Å². The van der Waals surface area contributed by atoms with E-state index in [-0.39, 0.29) is 16.4 Å². The average molecular weight is 380 g/mol. The van der Waals surface area contributed by atoms with Gasteiger partial charge in [-0.2, -0.15) is 0 Å². The maximum atomic E-state index is 12.3. The number of nitrogens with zero attached hydrogens (tertiary/aromatic N) is 1. The number of H-pyrrole nitrogens is 1. The third-order valence-corrected chi connectivity index (χ3v) is 4.38. The van der Waals surface area contributed by atoms with Gasteiger partial charge in [0.15, 0.2) is 11.5 Å². The third kappa shape index (κ3) is 3.38. The number of aryl methyl sites for hydroxylation is 1. The summed E-state index contributed by atoms with van der Waals surface area (Å²) in [5, 5.41) is 15.5. The molecule has 0 unspecified atom stereocenters. The molecule has 0 saturated heterocycles. The number of aromatic carboxylic acids is 1. The maximum absolute atomic E-state index is 12.3. The van der Waals surface area contributed by atoms with Crippen LogP contribution in [0.5, 0.6) is 0 Å². The number of carbonyl (C=O) groups is 2. The number of nitrogens with one attached hydrogen (secondary N) is 2. The largest absolute Gasteiger partial charge is 0.476 e. The standard InChI is InChI=1S/C16H11Cl2N3O4/c1-7-12(17)13(18)14(19-7)15(22)20-9-4-2-8(3-5-9)11-6-10(16(23)24)21-25-11/h2-6,19H,1H3,(H,20,22)(H,23,24). The van der Waals surface area contributed by atoms with Crippen molar-refractivity contribution in [2.75, 3.05) is 5.32 Å². The van der Waals surface area contributed by atoms with E-state index in [4.69, 9.17) is 32.8 Å². The molecular formula is C16H11Cl2N3O4. The SMILES string of the molecule is Cc1[nH]c(C(=O)Nc2ccc(-c3cc(C(=O)O)no3)cc2)c(Cl)c1Cl. The molecule has 0 fully saturated rings. The van der Waals surface area contributed by atoms with Crippen LogP contribution >= 0.6 is 23.2 Å². The smallest absolute Gasteiger partial charge is 0.358 e. The molecule has 2 aromatic heterocycles. The molecule has 3 rings (SSSR count). The van der Waals surface area contributed by atoms with E-state index in [1.807, 2.05) is 0 Å². The zero-order chi connectivity index (χ0) is 18.1. The van der Waals surface area contributed by atoms with E-state index in [1.54, 1.807) is 31.2 Å². The number of hydrogen-bond donors (Lipinski definition) is 3. The van der Waals surface area contributed by atoms with Gasteiger partial charge in [-0.1, -0.05) is 28.4 Å². The molecule has 0 saturated carbocycles. The number of aromatic nitrogens is 2. The second-order valence-electron chi connectivity index (χ2n) is 5.17. The van der Waals surface area contributed by atoms with E-state index in [9.17, 15) is 9.59 Å². The van der Waals surface area contributed by atoms with Gasteiger partial charge < -0.3 is 19.9 Å². The predicted octanol–water partition coefficient (Wildman–Crippen LogP) is 4.24. The highest BCUT2D eigenvalue weighted by Crippen LogP contribution is 2.30. The topological polar surface area (TPSA) is 108 Å². The Hall–Kier alpha value is -2.77. The van der Waals surface area contributed by atoms with Crippen LogP contribution in [0.15, 0.2) is 34.9 Å². The highest BCUT2D eigenvalue weighted by atomic mass is 35.5. The number of amides is 1. The van der Waals surface area contributed by atoms with Crippen molar-refractivity contribution in [2.24, 2.45) is 0 Å². The van der Waals surface area contributed by atoms with Crippen molar-refractivity contribution in [2.45, 2.75) is 6.92 Å². The first-order valence-electron chi connectivity index (χ1n) is 7.02. The second kappa shape index (κ2) is 6.62. The fraction of sp³-hybridized carbons (Fsp3) is 0.0625. The van der Waals surface area contributed by atoms with Crippen LogP contribution < -0.4 is 5.32 Å². The van der Waals surface area contributed by atoms with Crippen molar-refractivity contribution in [1.29, 1.82) is 0 Å². The van der Waals surface area contributed by atoms with Crippen LogP contribution in [0, 0.1) is 6.92 Å². The quantitative estimate of drug-likeness (QED) is 0.628. The summed E-state index contributed by atoms with van der Waals surface area (Å²) in [5.74, 6) is -1.29. The normalized spacial score (nSPS) is 10.7. The third-order valence-electron chi connectivity index (χ3n) is 3.44. The van der Waals surface area contributed by atoms with E-state index in [0.29, 0.717) is 27.7 Å². The molecule has 9 heteroatoms. The van der Waals surface area contributed by atoms with Crippen LogP contribution in [0.1, 0.15) is 26.7 Å². The number of carboxylic acids is 1. The molecule has 0 aliphatic heterocycles. The molecule has 2 heterocycles. The Balaban J connectivity index is 1.77. The molecule has 3 N–H and O–H groups in total. The summed E-state index contributed by atoms with van der Waals surface area (Å²) in [6, 6.07) is 7.93. The second-order valence-corrected chi connectivity index (χ2v) is 5.92. The van der Waals surface area contributed by atoms with E-state index in [0.717, 1.165) is 0 Å². The van der Waals surface area contributed by atoms with Crippen LogP contribution in [0.3, 0.4) is 0 Å². The Morgan fingerprint density at radius 3 is 2.40 bits per heavy atom. The van der Waals surface area contributed by atoms with Crippen molar-refractivity contribution in [3.63, 3.8) is 0 Å². The van der Waals surface area contributed by atoms with Crippen LogP contribution in [0.25, 0.3) is 11.3 Å². The molecule has 7 nitrogen and oxygen atoms in total. The summed E-state index contributed by atoms with van der Waals surface area (Å²) in [6.07, 6.45) is 0. The number of hydrogen-bond acceptors (Lipinski definition) is 4. The summed E-state index contributed by atoms with van der Waals surface area (Å²) < 4.78 is 4.98. The zero-order valence-corrected chi connectivity index (χ0v) is 14.3. The van der Waals surface area contributed by atoms with E-state index in [2.05, 4.69) is 15.5 Å². The Morgan fingerprint density at radius 2 is 1.88 bits per heavy atom. The molecule has 0 aliphatic rings. The average Bonchev–Trinajstić information content (AvgIpc) is 3.17. The Kier molecular flexibility index (Phi) is 4.52. The lowest BCUT2D eigenvalue weighted by atomic mass is 10.1. The van der Waals surface area contributed by atoms with Crippen molar-refractivity contribution in [3.8, 4) is 11.3 Å². The molecule has 128 valence electrons. The highest BCUT2D eigenvalue weighted by molar-refractivity contribution is 6.44. The molecule has 0 aliphatic carbocycles. The summed E-state index contributed by atoms with van der Waals surface area (Å²) >= 11 is 12.0. The summed E-state index contributed by atoms with van der Waals surface area (Å²) in [6.45, 7) is 1.71. The molecule has 0 spiro atoms. The van der Waals surface area contributed by atoms with Gasteiger partial charge in [-0.3, -0.25) is 4.79 Å². The minimum absolute atomic E-state index is 0.163. The molecule has 3 aromatic rings. The molecule has 25 heavy (non-hydrogen) atoms. The predicted molar refractivity (Wildman–Crippen MR) is 92.4 cm³/mol. The van der Waals surface area contributed by atoms with Crippen molar-refractivity contribution < 1.29 is 19.2 Å².